The molecule has 0 bridgehead atoms. The van der Waals surface area contributed by atoms with Crippen molar-refractivity contribution in [2.24, 2.45) is 5.73 Å². The van der Waals surface area contributed by atoms with Crippen molar-refractivity contribution < 1.29 is 14.6 Å². The predicted octanol–water partition coefficient (Wildman–Crippen LogP) is 0.870. The molecule has 0 aliphatic heterocycles. The Balaban J connectivity index is 3.18. The van der Waals surface area contributed by atoms with E-state index in [1.165, 1.54) is 0 Å². The molecule has 0 fully saturated rings. The second-order valence-electron chi connectivity index (χ2n) is 3.54. The van der Waals surface area contributed by atoms with Gasteiger partial charge in [0.05, 0.1) is 14.2 Å². The van der Waals surface area contributed by atoms with Crippen LogP contribution in [0.4, 0.5) is 0 Å². The standard InChI is InChI=1S/C11H17NO3/c1-11(13,7-12)9-5-4-8(14-2)6-10(9)15-3/h4-6,13H,7,12H2,1-3H3. The Morgan fingerprint density at radius 2 is 2.00 bits per heavy atom. The van der Waals surface area contributed by atoms with E-state index in [0.29, 0.717) is 17.1 Å². The van der Waals surface area contributed by atoms with E-state index in [0.717, 1.165) is 0 Å². The zero-order valence-corrected chi connectivity index (χ0v) is 9.28. The predicted molar refractivity (Wildman–Crippen MR) is 58.2 cm³/mol. The fourth-order valence-corrected chi connectivity index (χ4v) is 1.35. The van der Waals surface area contributed by atoms with Crippen LogP contribution in [0, 0.1) is 0 Å². The Hall–Kier alpha value is -1.26. The van der Waals surface area contributed by atoms with E-state index in [2.05, 4.69) is 0 Å². The summed E-state index contributed by atoms with van der Waals surface area (Å²) < 4.78 is 10.2. The number of hydrogen-bond donors (Lipinski definition) is 2. The molecule has 4 nitrogen and oxygen atoms in total. The van der Waals surface area contributed by atoms with Crippen LogP contribution >= 0.6 is 0 Å². The molecule has 0 radical (unpaired) electrons. The maximum absolute atomic E-state index is 10.0. The number of aliphatic hydroxyl groups is 1. The molecule has 0 aliphatic rings. The minimum Gasteiger partial charge on any atom is -0.497 e. The number of hydrogen-bond acceptors (Lipinski definition) is 4. The second-order valence-corrected chi connectivity index (χ2v) is 3.54. The summed E-state index contributed by atoms with van der Waals surface area (Å²) in [6.07, 6.45) is 0. The topological polar surface area (TPSA) is 64.7 Å². The number of benzene rings is 1. The van der Waals surface area contributed by atoms with Gasteiger partial charge < -0.3 is 20.3 Å². The third-order valence-electron chi connectivity index (χ3n) is 2.39. The van der Waals surface area contributed by atoms with E-state index in [-0.39, 0.29) is 6.54 Å². The van der Waals surface area contributed by atoms with Crippen molar-refractivity contribution in [3.8, 4) is 11.5 Å². The fraction of sp³-hybridized carbons (Fsp3) is 0.455. The van der Waals surface area contributed by atoms with Crippen LogP contribution in [0.3, 0.4) is 0 Å². The highest BCUT2D eigenvalue weighted by Gasteiger charge is 2.25. The molecule has 1 aromatic carbocycles. The van der Waals surface area contributed by atoms with E-state index in [4.69, 9.17) is 15.2 Å². The smallest absolute Gasteiger partial charge is 0.128 e. The molecule has 0 aromatic heterocycles. The van der Waals surface area contributed by atoms with Crippen molar-refractivity contribution in [3.05, 3.63) is 23.8 Å². The summed E-state index contributed by atoms with van der Waals surface area (Å²) in [5.74, 6) is 1.26. The van der Waals surface area contributed by atoms with Crippen LogP contribution in [-0.4, -0.2) is 25.9 Å². The number of rotatable bonds is 4. The van der Waals surface area contributed by atoms with Gasteiger partial charge >= 0.3 is 0 Å². The van der Waals surface area contributed by atoms with Gasteiger partial charge in [0.1, 0.15) is 17.1 Å². The molecule has 15 heavy (non-hydrogen) atoms. The SMILES string of the molecule is COc1ccc(C(C)(O)CN)c(OC)c1. The van der Waals surface area contributed by atoms with Crippen LogP contribution in [-0.2, 0) is 5.60 Å². The molecule has 1 atom stereocenters. The van der Waals surface area contributed by atoms with Gasteiger partial charge in [-0.05, 0) is 19.1 Å². The van der Waals surface area contributed by atoms with Crippen molar-refractivity contribution in [1.82, 2.24) is 0 Å². The fourth-order valence-electron chi connectivity index (χ4n) is 1.35. The van der Waals surface area contributed by atoms with Gasteiger partial charge in [0.15, 0.2) is 0 Å². The molecule has 0 spiro atoms. The van der Waals surface area contributed by atoms with Gasteiger partial charge in [-0.25, -0.2) is 0 Å². The van der Waals surface area contributed by atoms with Gasteiger partial charge in [0, 0.05) is 18.2 Å². The monoisotopic (exact) mass is 211 g/mol. The third kappa shape index (κ3) is 2.40. The molecule has 1 unspecified atom stereocenters. The van der Waals surface area contributed by atoms with Gasteiger partial charge in [-0.2, -0.15) is 0 Å². The lowest BCUT2D eigenvalue weighted by molar-refractivity contribution is 0.0640. The number of nitrogens with two attached hydrogens (primary N) is 1. The lowest BCUT2D eigenvalue weighted by Gasteiger charge is -2.24. The Morgan fingerprint density at radius 1 is 1.33 bits per heavy atom. The maximum Gasteiger partial charge on any atom is 0.128 e. The minimum absolute atomic E-state index is 0.135. The first kappa shape index (κ1) is 11.8. The first-order chi connectivity index (χ1) is 7.05. The first-order valence-electron chi connectivity index (χ1n) is 4.70. The highest BCUT2D eigenvalue weighted by atomic mass is 16.5. The molecule has 4 heteroatoms. The van der Waals surface area contributed by atoms with E-state index >= 15 is 0 Å². The Labute approximate surface area is 89.6 Å². The Morgan fingerprint density at radius 3 is 2.47 bits per heavy atom. The number of ether oxygens (including phenoxy) is 2. The van der Waals surface area contributed by atoms with Gasteiger partial charge in [-0.3, -0.25) is 0 Å². The van der Waals surface area contributed by atoms with Crippen molar-refractivity contribution in [1.29, 1.82) is 0 Å². The number of methoxy groups -OCH3 is 2. The van der Waals surface area contributed by atoms with Crippen molar-refractivity contribution in [3.63, 3.8) is 0 Å². The average Bonchev–Trinajstić information content (AvgIpc) is 2.28. The van der Waals surface area contributed by atoms with Gasteiger partial charge in [0.25, 0.3) is 0 Å². The molecule has 0 heterocycles. The molecular weight excluding hydrogens is 194 g/mol. The lowest BCUT2D eigenvalue weighted by Crippen LogP contribution is -2.31. The maximum atomic E-state index is 10.0. The summed E-state index contributed by atoms with van der Waals surface area (Å²) in [6, 6.07) is 5.24. The summed E-state index contributed by atoms with van der Waals surface area (Å²) >= 11 is 0. The molecule has 3 N–H and O–H groups in total. The summed E-state index contributed by atoms with van der Waals surface area (Å²) in [6.45, 7) is 1.78. The van der Waals surface area contributed by atoms with E-state index < -0.39 is 5.60 Å². The first-order valence-corrected chi connectivity index (χ1v) is 4.70. The average molecular weight is 211 g/mol. The Bertz CT molecular complexity index is 337. The summed E-state index contributed by atoms with van der Waals surface area (Å²) in [5.41, 5.74) is 5.07. The third-order valence-corrected chi connectivity index (χ3v) is 2.39. The van der Waals surface area contributed by atoms with Gasteiger partial charge in [-0.15, -0.1) is 0 Å². The van der Waals surface area contributed by atoms with Gasteiger partial charge in [-0.1, -0.05) is 0 Å². The van der Waals surface area contributed by atoms with Crippen LogP contribution in [0.2, 0.25) is 0 Å². The van der Waals surface area contributed by atoms with Crippen LogP contribution < -0.4 is 15.2 Å². The quantitative estimate of drug-likeness (QED) is 0.775. The molecule has 0 amide bonds. The van der Waals surface area contributed by atoms with Crippen LogP contribution in [0.15, 0.2) is 18.2 Å². The second kappa shape index (κ2) is 4.51. The molecule has 84 valence electrons. The van der Waals surface area contributed by atoms with E-state index in [1.54, 1.807) is 39.3 Å². The summed E-state index contributed by atoms with van der Waals surface area (Å²) in [4.78, 5) is 0. The summed E-state index contributed by atoms with van der Waals surface area (Å²) in [7, 11) is 3.13. The van der Waals surface area contributed by atoms with E-state index in [1.807, 2.05) is 0 Å². The van der Waals surface area contributed by atoms with Crippen LogP contribution in [0.1, 0.15) is 12.5 Å². The molecular formula is C11H17NO3. The van der Waals surface area contributed by atoms with Crippen molar-refractivity contribution >= 4 is 0 Å². The molecule has 1 rings (SSSR count). The zero-order valence-electron chi connectivity index (χ0n) is 9.28. The van der Waals surface area contributed by atoms with E-state index in [9.17, 15) is 5.11 Å². The summed E-state index contributed by atoms with van der Waals surface area (Å²) in [5, 5.41) is 10.0. The minimum atomic E-state index is -1.09. The largest absolute Gasteiger partial charge is 0.497 e. The molecule has 0 aliphatic carbocycles. The lowest BCUT2D eigenvalue weighted by atomic mass is 9.95. The Kier molecular flexibility index (Phi) is 3.55. The normalized spacial score (nSPS) is 14.5. The highest BCUT2D eigenvalue weighted by Crippen LogP contribution is 2.32. The zero-order chi connectivity index (χ0) is 11.5. The van der Waals surface area contributed by atoms with Crippen LogP contribution in [0.25, 0.3) is 0 Å². The highest BCUT2D eigenvalue weighted by molar-refractivity contribution is 5.43. The van der Waals surface area contributed by atoms with Crippen molar-refractivity contribution in [2.45, 2.75) is 12.5 Å². The molecule has 1 aromatic rings. The van der Waals surface area contributed by atoms with Crippen molar-refractivity contribution in [2.75, 3.05) is 20.8 Å². The van der Waals surface area contributed by atoms with Gasteiger partial charge in [0.2, 0.25) is 0 Å². The van der Waals surface area contributed by atoms with Crippen LogP contribution in [0.5, 0.6) is 11.5 Å². The molecule has 0 saturated heterocycles. The molecule has 0 saturated carbocycles.